The van der Waals surface area contributed by atoms with Crippen molar-refractivity contribution in [3.63, 3.8) is 0 Å². The fraction of sp³-hybridized carbons (Fsp3) is 0.545. The van der Waals surface area contributed by atoms with Crippen LogP contribution in [0.5, 0.6) is 0 Å². The van der Waals surface area contributed by atoms with Gasteiger partial charge in [0.25, 0.3) is 0 Å². The number of nitrogens with zero attached hydrogens (tertiary/aromatic N) is 3. The van der Waals surface area contributed by atoms with Crippen LogP contribution in [0.3, 0.4) is 0 Å². The van der Waals surface area contributed by atoms with Crippen LogP contribution in [0.25, 0.3) is 0 Å². The number of thiazole rings is 1. The summed E-state index contributed by atoms with van der Waals surface area (Å²) in [5, 5.41) is 14.3. The Labute approximate surface area is 110 Å². The van der Waals surface area contributed by atoms with Gasteiger partial charge in [0.15, 0.2) is 0 Å². The Balaban J connectivity index is 1.93. The highest BCUT2D eigenvalue weighted by molar-refractivity contribution is 7.09. The van der Waals surface area contributed by atoms with E-state index in [0.29, 0.717) is 18.5 Å². The van der Waals surface area contributed by atoms with Crippen molar-refractivity contribution in [2.24, 2.45) is 0 Å². The van der Waals surface area contributed by atoms with E-state index < -0.39 is 0 Å². The molecule has 2 aromatic rings. The summed E-state index contributed by atoms with van der Waals surface area (Å²) < 4.78 is 5.52. The average Bonchev–Trinajstić information content (AvgIpc) is 2.96. The molecule has 0 saturated carbocycles. The molecular formula is C11H17N5OS. The summed E-state index contributed by atoms with van der Waals surface area (Å²) in [7, 11) is 0. The van der Waals surface area contributed by atoms with Crippen molar-refractivity contribution in [1.82, 2.24) is 20.5 Å². The van der Waals surface area contributed by atoms with Gasteiger partial charge in [0.2, 0.25) is 5.89 Å². The summed E-state index contributed by atoms with van der Waals surface area (Å²) in [5.41, 5.74) is 2.87. The third kappa shape index (κ3) is 3.05. The predicted molar refractivity (Wildman–Crippen MR) is 70.6 cm³/mol. The normalized spacial score (nSPS) is 12.6. The summed E-state index contributed by atoms with van der Waals surface area (Å²) in [5.74, 6) is 0.598. The fourth-order valence-corrected chi connectivity index (χ4v) is 2.24. The van der Waals surface area contributed by atoms with Crippen LogP contribution in [-0.2, 0) is 6.54 Å². The van der Waals surface area contributed by atoms with Crippen LogP contribution < -0.4 is 10.6 Å². The Morgan fingerprint density at radius 3 is 2.94 bits per heavy atom. The van der Waals surface area contributed by atoms with Gasteiger partial charge in [-0.15, -0.1) is 16.4 Å². The Bertz CT molecular complexity index is 495. The second kappa shape index (κ2) is 5.92. The summed E-state index contributed by atoms with van der Waals surface area (Å²) in [6.07, 6.45) is 0. The van der Waals surface area contributed by atoms with Gasteiger partial charge in [0.1, 0.15) is 0 Å². The molecule has 2 rings (SSSR count). The van der Waals surface area contributed by atoms with Gasteiger partial charge >= 0.3 is 6.01 Å². The maximum Gasteiger partial charge on any atom is 0.315 e. The predicted octanol–water partition coefficient (Wildman–Crippen LogP) is 2.12. The first kappa shape index (κ1) is 13.0. The molecular weight excluding hydrogens is 250 g/mol. The highest BCUT2D eigenvalue weighted by Crippen LogP contribution is 2.16. The second-order valence-electron chi connectivity index (χ2n) is 3.94. The molecule has 18 heavy (non-hydrogen) atoms. The van der Waals surface area contributed by atoms with E-state index in [1.165, 1.54) is 4.88 Å². The minimum atomic E-state index is 0.0724. The minimum absolute atomic E-state index is 0.0724. The van der Waals surface area contributed by atoms with Crippen LogP contribution in [0.4, 0.5) is 6.01 Å². The molecule has 0 aliphatic rings. The van der Waals surface area contributed by atoms with Gasteiger partial charge in [0.05, 0.1) is 23.8 Å². The Morgan fingerprint density at radius 1 is 1.44 bits per heavy atom. The Morgan fingerprint density at radius 2 is 2.28 bits per heavy atom. The van der Waals surface area contributed by atoms with E-state index in [4.69, 9.17) is 4.42 Å². The molecule has 0 aliphatic heterocycles. The molecule has 1 unspecified atom stereocenters. The first-order valence-electron chi connectivity index (χ1n) is 5.90. The molecule has 0 saturated heterocycles. The van der Waals surface area contributed by atoms with Crippen molar-refractivity contribution in [3.8, 4) is 0 Å². The molecule has 0 bridgehead atoms. The topological polar surface area (TPSA) is 75.9 Å². The Hall–Kier alpha value is -1.47. The second-order valence-corrected chi connectivity index (χ2v) is 4.88. The fourth-order valence-electron chi connectivity index (χ4n) is 1.53. The summed E-state index contributed by atoms with van der Waals surface area (Å²) in [6, 6.07) is 0.519. The van der Waals surface area contributed by atoms with Crippen LogP contribution in [0.2, 0.25) is 0 Å². The molecule has 0 fully saturated rings. The van der Waals surface area contributed by atoms with E-state index in [0.717, 1.165) is 12.2 Å². The molecule has 7 heteroatoms. The monoisotopic (exact) mass is 267 g/mol. The lowest BCUT2D eigenvalue weighted by molar-refractivity contribution is 0.429. The zero-order valence-corrected chi connectivity index (χ0v) is 11.5. The van der Waals surface area contributed by atoms with E-state index in [-0.39, 0.29) is 6.04 Å². The zero-order chi connectivity index (χ0) is 13.0. The average molecular weight is 267 g/mol. The molecule has 0 spiro atoms. The van der Waals surface area contributed by atoms with Gasteiger partial charge in [0, 0.05) is 4.88 Å². The first-order chi connectivity index (χ1) is 8.70. The van der Waals surface area contributed by atoms with Crippen molar-refractivity contribution < 1.29 is 4.42 Å². The number of anilines is 1. The first-order valence-corrected chi connectivity index (χ1v) is 6.78. The maximum absolute atomic E-state index is 5.52. The smallest absolute Gasteiger partial charge is 0.315 e. The lowest BCUT2D eigenvalue weighted by atomic mass is 10.3. The molecule has 98 valence electrons. The molecule has 2 aromatic heterocycles. The molecule has 0 aliphatic carbocycles. The lowest BCUT2D eigenvalue weighted by Crippen LogP contribution is -2.17. The molecule has 1 atom stereocenters. The molecule has 2 heterocycles. The zero-order valence-electron chi connectivity index (χ0n) is 10.7. The van der Waals surface area contributed by atoms with Crippen molar-refractivity contribution in [2.75, 3.05) is 11.9 Å². The number of aromatic nitrogens is 3. The van der Waals surface area contributed by atoms with Crippen LogP contribution in [-0.4, -0.2) is 21.7 Å². The van der Waals surface area contributed by atoms with E-state index in [9.17, 15) is 0 Å². The summed E-state index contributed by atoms with van der Waals surface area (Å²) >= 11 is 1.61. The van der Waals surface area contributed by atoms with Crippen molar-refractivity contribution in [2.45, 2.75) is 33.4 Å². The summed E-state index contributed by atoms with van der Waals surface area (Å²) in [6.45, 7) is 7.55. The maximum atomic E-state index is 5.52. The van der Waals surface area contributed by atoms with Crippen molar-refractivity contribution >= 4 is 17.4 Å². The number of hydrogen-bond acceptors (Lipinski definition) is 7. The van der Waals surface area contributed by atoms with E-state index >= 15 is 0 Å². The SMILES string of the molecule is CCNC(C)c1nnc(NCc2scnc2C)o1. The van der Waals surface area contributed by atoms with Gasteiger partial charge < -0.3 is 15.1 Å². The van der Waals surface area contributed by atoms with E-state index in [2.05, 4.69) is 25.8 Å². The highest BCUT2D eigenvalue weighted by Gasteiger charge is 2.12. The van der Waals surface area contributed by atoms with Crippen LogP contribution >= 0.6 is 11.3 Å². The van der Waals surface area contributed by atoms with Gasteiger partial charge in [-0.2, -0.15) is 0 Å². The number of hydrogen-bond donors (Lipinski definition) is 2. The Kier molecular flexibility index (Phi) is 4.27. The van der Waals surface area contributed by atoms with Gasteiger partial charge in [-0.25, -0.2) is 4.98 Å². The molecule has 0 radical (unpaired) electrons. The van der Waals surface area contributed by atoms with Gasteiger partial charge in [-0.05, 0) is 20.4 Å². The minimum Gasteiger partial charge on any atom is -0.406 e. The van der Waals surface area contributed by atoms with Crippen molar-refractivity contribution in [3.05, 3.63) is 22.0 Å². The number of rotatable bonds is 6. The molecule has 0 aromatic carbocycles. The number of nitrogens with one attached hydrogen (secondary N) is 2. The van der Waals surface area contributed by atoms with Gasteiger partial charge in [-0.3, -0.25) is 0 Å². The molecule has 0 amide bonds. The third-order valence-electron chi connectivity index (χ3n) is 2.57. The van der Waals surface area contributed by atoms with Crippen LogP contribution in [0.15, 0.2) is 9.93 Å². The molecule has 6 nitrogen and oxygen atoms in total. The van der Waals surface area contributed by atoms with E-state index in [1.54, 1.807) is 11.3 Å². The van der Waals surface area contributed by atoms with Crippen LogP contribution in [0, 0.1) is 6.92 Å². The van der Waals surface area contributed by atoms with E-state index in [1.807, 2.05) is 26.3 Å². The standard InChI is InChI=1S/C11H17N5OS/c1-4-12-8(3)10-15-16-11(17-10)13-5-9-7(2)14-6-18-9/h6,8,12H,4-5H2,1-3H3,(H,13,16). The largest absolute Gasteiger partial charge is 0.406 e. The quantitative estimate of drug-likeness (QED) is 0.835. The molecule has 2 N–H and O–H groups in total. The van der Waals surface area contributed by atoms with Crippen LogP contribution in [0.1, 0.15) is 36.4 Å². The lowest BCUT2D eigenvalue weighted by Gasteiger charge is -2.05. The summed E-state index contributed by atoms with van der Waals surface area (Å²) in [4.78, 5) is 5.36. The highest BCUT2D eigenvalue weighted by atomic mass is 32.1. The van der Waals surface area contributed by atoms with Gasteiger partial charge in [-0.1, -0.05) is 12.0 Å². The third-order valence-corrected chi connectivity index (χ3v) is 3.50. The number of aryl methyl sites for hydroxylation is 1. The van der Waals surface area contributed by atoms with Crippen molar-refractivity contribution in [1.29, 1.82) is 0 Å².